The fourth-order valence-corrected chi connectivity index (χ4v) is 5.36. The first-order valence-corrected chi connectivity index (χ1v) is 16.7. The van der Waals surface area contributed by atoms with Gasteiger partial charge in [0, 0.05) is 0 Å². The topological polar surface area (TPSA) is 0 Å². The molecule has 1 heteroatoms. The SMILES string of the molecule is CCCCCCCCCCCCCCCCCCCCCCCCCCCCCCCCS. The molecule has 0 fully saturated rings. The molecule has 0 heterocycles. The zero-order valence-corrected chi connectivity index (χ0v) is 24.3. The maximum absolute atomic E-state index is 4.28. The minimum Gasteiger partial charge on any atom is -0.179 e. The third-order valence-electron chi connectivity index (χ3n) is 7.51. The number of hydrogen-bond donors (Lipinski definition) is 1. The molecular weight excluding hydrogens is 416 g/mol. The molecule has 0 nitrogen and oxygen atoms in total. The van der Waals surface area contributed by atoms with Gasteiger partial charge in [-0.1, -0.05) is 193 Å². The first kappa shape index (κ1) is 33.4. The highest BCUT2D eigenvalue weighted by molar-refractivity contribution is 7.80. The summed E-state index contributed by atoms with van der Waals surface area (Å²) in [5, 5.41) is 0. The molecule has 0 N–H and O–H groups in total. The quantitative estimate of drug-likeness (QED) is 0.0763. The summed E-state index contributed by atoms with van der Waals surface area (Å²) in [7, 11) is 0. The summed E-state index contributed by atoms with van der Waals surface area (Å²) in [4.78, 5) is 0. The Kier molecular flexibility index (Phi) is 32.7. The minimum absolute atomic E-state index is 1.07. The first-order chi connectivity index (χ1) is 16.4. The number of thiol groups is 1. The van der Waals surface area contributed by atoms with Gasteiger partial charge in [0.05, 0.1) is 0 Å². The molecule has 0 spiro atoms. The molecule has 0 radical (unpaired) electrons. The number of hydrogen-bond acceptors (Lipinski definition) is 1. The van der Waals surface area contributed by atoms with Crippen LogP contribution in [0, 0.1) is 0 Å². The Hall–Kier alpha value is 0.350. The molecule has 0 bridgehead atoms. The van der Waals surface area contributed by atoms with Gasteiger partial charge < -0.3 is 0 Å². The van der Waals surface area contributed by atoms with E-state index in [1.54, 1.807) is 0 Å². The van der Waals surface area contributed by atoms with E-state index in [0.29, 0.717) is 0 Å². The molecule has 0 aliphatic rings. The van der Waals surface area contributed by atoms with Crippen molar-refractivity contribution < 1.29 is 0 Å². The summed E-state index contributed by atoms with van der Waals surface area (Å²) >= 11 is 4.28. The standard InChI is InChI=1S/C32H66S/c1-2-3-4-5-6-7-8-9-10-11-12-13-14-15-16-17-18-19-20-21-22-23-24-25-26-27-28-29-30-31-32-33/h33H,2-32H2,1H3. The zero-order valence-electron chi connectivity index (χ0n) is 23.4. The molecule has 0 saturated heterocycles. The summed E-state index contributed by atoms with van der Waals surface area (Å²) in [6.07, 6.45) is 44.1. The maximum atomic E-state index is 4.28. The summed E-state index contributed by atoms with van der Waals surface area (Å²) in [6.45, 7) is 2.31. The van der Waals surface area contributed by atoms with Gasteiger partial charge in [-0.2, -0.15) is 12.6 Å². The Morgan fingerprint density at radius 2 is 0.394 bits per heavy atom. The fourth-order valence-electron chi connectivity index (χ4n) is 5.13. The lowest BCUT2D eigenvalue weighted by Gasteiger charge is -2.04. The molecule has 0 aromatic rings. The van der Waals surface area contributed by atoms with Gasteiger partial charge in [-0.3, -0.25) is 0 Å². The normalized spacial score (nSPS) is 11.5. The highest BCUT2D eigenvalue weighted by atomic mass is 32.1. The molecule has 0 atom stereocenters. The predicted molar refractivity (Wildman–Crippen MR) is 158 cm³/mol. The predicted octanol–water partition coefficient (Wildman–Crippen LogP) is 12.6. The van der Waals surface area contributed by atoms with Gasteiger partial charge in [0.25, 0.3) is 0 Å². The van der Waals surface area contributed by atoms with Crippen LogP contribution in [0.4, 0.5) is 0 Å². The van der Waals surface area contributed by atoms with Crippen molar-refractivity contribution in [1.29, 1.82) is 0 Å². The Morgan fingerprint density at radius 3 is 0.545 bits per heavy atom. The van der Waals surface area contributed by atoms with Crippen LogP contribution in [0.3, 0.4) is 0 Å². The van der Waals surface area contributed by atoms with Gasteiger partial charge in [-0.25, -0.2) is 0 Å². The van der Waals surface area contributed by atoms with E-state index in [4.69, 9.17) is 0 Å². The Labute approximate surface area is 217 Å². The molecule has 0 rings (SSSR count). The highest BCUT2D eigenvalue weighted by Crippen LogP contribution is 2.16. The maximum Gasteiger partial charge on any atom is -0.00979 e. The van der Waals surface area contributed by atoms with Crippen LogP contribution in [0.15, 0.2) is 0 Å². The van der Waals surface area contributed by atoms with Crippen LogP contribution in [0.25, 0.3) is 0 Å². The van der Waals surface area contributed by atoms with E-state index in [9.17, 15) is 0 Å². The lowest BCUT2D eigenvalue weighted by Crippen LogP contribution is -1.85. The van der Waals surface area contributed by atoms with Crippen LogP contribution in [0.5, 0.6) is 0 Å². The smallest absolute Gasteiger partial charge is 0.00979 e. The fraction of sp³-hybridized carbons (Fsp3) is 1.00. The van der Waals surface area contributed by atoms with Gasteiger partial charge in [-0.05, 0) is 12.2 Å². The monoisotopic (exact) mass is 482 g/mol. The van der Waals surface area contributed by atoms with Crippen LogP contribution in [0.2, 0.25) is 0 Å². The van der Waals surface area contributed by atoms with E-state index in [2.05, 4.69) is 19.6 Å². The zero-order chi connectivity index (χ0) is 23.9. The third kappa shape index (κ3) is 32.4. The van der Waals surface area contributed by atoms with E-state index in [0.717, 1.165) is 5.75 Å². The second-order valence-electron chi connectivity index (χ2n) is 11.0. The summed E-state index contributed by atoms with van der Waals surface area (Å²) in [5.74, 6) is 1.07. The van der Waals surface area contributed by atoms with E-state index in [1.807, 2.05) is 0 Å². The molecule has 0 aromatic heterocycles. The molecule has 0 amide bonds. The van der Waals surface area contributed by atoms with Gasteiger partial charge in [-0.15, -0.1) is 0 Å². The lowest BCUT2D eigenvalue weighted by molar-refractivity contribution is 0.513. The molecule has 33 heavy (non-hydrogen) atoms. The van der Waals surface area contributed by atoms with Gasteiger partial charge >= 0.3 is 0 Å². The molecule has 0 saturated carbocycles. The van der Waals surface area contributed by atoms with Gasteiger partial charge in [0.2, 0.25) is 0 Å². The van der Waals surface area contributed by atoms with Crippen molar-refractivity contribution in [3.8, 4) is 0 Å². The Bertz CT molecular complexity index is 284. The minimum atomic E-state index is 1.07. The molecule has 0 unspecified atom stereocenters. The van der Waals surface area contributed by atoms with E-state index in [1.165, 1.54) is 193 Å². The van der Waals surface area contributed by atoms with E-state index in [-0.39, 0.29) is 0 Å². The van der Waals surface area contributed by atoms with Crippen LogP contribution in [-0.2, 0) is 0 Å². The van der Waals surface area contributed by atoms with Crippen molar-refractivity contribution in [3.05, 3.63) is 0 Å². The van der Waals surface area contributed by atoms with Gasteiger partial charge in [0.1, 0.15) is 0 Å². The van der Waals surface area contributed by atoms with Gasteiger partial charge in [0.15, 0.2) is 0 Å². The van der Waals surface area contributed by atoms with E-state index < -0.39 is 0 Å². The van der Waals surface area contributed by atoms with Crippen molar-refractivity contribution >= 4 is 12.6 Å². The molecule has 0 aromatic carbocycles. The van der Waals surface area contributed by atoms with Crippen LogP contribution < -0.4 is 0 Å². The van der Waals surface area contributed by atoms with Crippen LogP contribution >= 0.6 is 12.6 Å². The Morgan fingerprint density at radius 1 is 0.242 bits per heavy atom. The molecular formula is C32H66S. The average Bonchev–Trinajstić information content (AvgIpc) is 2.83. The highest BCUT2D eigenvalue weighted by Gasteiger charge is 1.96. The average molecular weight is 483 g/mol. The number of unbranched alkanes of at least 4 members (excludes halogenated alkanes) is 29. The lowest BCUT2D eigenvalue weighted by atomic mass is 10.0. The van der Waals surface area contributed by atoms with Crippen molar-refractivity contribution in [2.45, 2.75) is 200 Å². The first-order valence-electron chi connectivity index (χ1n) is 16.0. The van der Waals surface area contributed by atoms with E-state index >= 15 is 0 Å². The van der Waals surface area contributed by atoms with Crippen LogP contribution in [0.1, 0.15) is 200 Å². The molecule has 0 aliphatic heterocycles. The van der Waals surface area contributed by atoms with Crippen molar-refractivity contribution in [2.24, 2.45) is 0 Å². The number of rotatable bonds is 30. The summed E-state index contributed by atoms with van der Waals surface area (Å²) < 4.78 is 0. The third-order valence-corrected chi connectivity index (χ3v) is 7.83. The summed E-state index contributed by atoms with van der Waals surface area (Å²) in [5.41, 5.74) is 0. The van der Waals surface area contributed by atoms with Crippen molar-refractivity contribution in [3.63, 3.8) is 0 Å². The van der Waals surface area contributed by atoms with Crippen molar-refractivity contribution in [1.82, 2.24) is 0 Å². The van der Waals surface area contributed by atoms with Crippen LogP contribution in [-0.4, -0.2) is 5.75 Å². The Balaban J connectivity index is 2.99. The second kappa shape index (κ2) is 32.4. The largest absolute Gasteiger partial charge is 0.179 e. The summed E-state index contributed by atoms with van der Waals surface area (Å²) in [6, 6.07) is 0. The second-order valence-corrected chi connectivity index (χ2v) is 11.4. The molecule has 0 aliphatic carbocycles. The molecule has 200 valence electrons. The van der Waals surface area contributed by atoms with Crippen molar-refractivity contribution in [2.75, 3.05) is 5.75 Å².